The molecule has 1 aliphatic heterocycles. The Balaban J connectivity index is 1.47. The van der Waals surface area contributed by atoms with E-state index in [1.165, 1.54) is 12.1 Å². The Morgan fingerprint density at radius 3 is 2.58 bits per heavy atom. The van der Waals surface area contributed by atoms with Gasteiger partial charge in [-0.05, 0) is 30.5 Å². The molecular formula is C22H25FN6O2. The minimum Gasteiger partial charge on any atom is -0.422 e. The number of fused-ring (bicyclic) bond motifs is 1. The van der Waals surface area contributed by atoms with Crippen LogP contribution in [0, 0.1) is 5.82 Å². The third kappa shape index (κ3) is 4.82. The monoisotopic (exact) mass is 424 g/mol. The molecule has 1 aromatic carbocycles. The van der Waals surface area contributed by atoms with E-state index in [1.807, 2.05) is 4.90 Å². The maximum Gasteiger partial charge on any atom is 0.254 e. The van der Waals surface area contributed by atoms with Crippen molar-refractivity contribution in [3.63, 3.8) is 0 Å². The number of oxazole rings is 1. The zero-order valence-electron chi connectivity index (χ0n) is 17.3. The molecule has 1 amide bonds. The molecule has 0 bridgehead atoms. The van der Waals surface area contributed by atoms with Gasteiger partial charge in [0.25, 0.3) is 5.71 Å². The number of halogens is 1. The Bertz CT molecular complexity index is 1070. The van der Waals surface area contributed by atoms with Gasteiger partial charge in [-0.1, -0.05) is 18.2 Å². The zero-order chi connectivity index (χ0) is 21.8. The van der Waals surface area contributed by atoms with Gasteiger partial charge in [-0.25, -0.2) is 9.37 Å². The number of nitrogens with zero attached hydrogens (tertiary/aromatic N) is 5. The van der Waals surface area contributed by atoms with Gasteiger partial charge < -0.3 is 20.0 Å². The number of allylic oxidation sites excluding steroid dienone is 1. The van der Waals surface area contributed by atoms with Gasteiger partial charge in [0.1, 0.15) is 5.82 Å². The number of hydrogen-bond acceptors (Lipinski definition) is 7. The molecule has 0 radical (unpaired) electrons. The molecule has 162 valence electrons. The molecule has 2 aromatic heterocycles. The summed E-state index contributed by atoms with van der Waals surface area (Å²) in [6.45, 7) is 6.14. The summed E-state index contributed by atoms with van der Waals surface area (Å²) in [5.41, 5.74) is 7.81. The second kappa shape index (κ2) is 9.11. The lowest BCUT2D eigenvalue weighted by Crippen LogP contribution is -2.49. The fourth-order valence-corrected chi connectivity index (χ4v) is 3.65. The van der Waals surface area contributed by atoms with Gasteiger partial charge in [0, 0.05) is 39.0 Å². The van der Waals surface area contributed by atoms with E-state index in [0.717, 1.165) is 5.56 Å². The third-order valence-electron chi connectivity index (χ3n) is 5.34. The van der Waals surface area contributed by atoms with Gasteiger partial charge in [-0.15, -0.1) is 6.58 Å². The zero-order valence-corrected chi connectivity index (χ0v) is 17.3. The van der Waals surface area contributed by atoms with Crippen molar-refractivity contribution < 1.29 is 13.6 Å². The molecule has 3 heterocycles. The normalized spacial score (nSPS) is 14.2. The van der Waals surface area contributed by atoms with Crippen molar-refractivity contribution in [1.82, 2.24) is 19.9 Å². The smallest absolute Gasteiger partial charge is 0.254 e. The van der Waals surface area contributed by atoms with E-state index in [0.29, 0.717) is 74.8 Å². The van der Waals surface area contributed by atoms with Crippen LogP contribution in [-0.2, 0) is 17.6 Å². The first-order chi connectivity index (χ1) is 15.0. The molecule has 1 fully saturated rings. The van der Waals surface area contributed by atoms with E-state index in [-0.39, 0.29) is 17.7 Å². The third-order valence-corrected chi connectivity index (χ3v) is 5.34. The minimum atomic E-state index is -0.261. The Hall–Kier alpha value is -3.49. The quantitative estimate of drug-likeness (QED) is 0.582. The van der Waals surface area contributed by atoms with E-state index in [2.05, 4.69) is 26.4 Å². The molecule has 1 aliphatic rings. The number of nitrogens with two attached hydrogens (primary N) is 1. The summed E-state index contributed by atoms with van der Waals surface area (Å²) in [7, 11) is 0. The van der Waals surface area contributed by atoms with Crippen molar-refractivity contribution in [3.8, 4) is 0 Å². The number of aryl methyl sites for hydroxylation is 2. The molecule has 3 aromatic rings. The number of rotatable bonds is 7. The van der Waals surface area contributed by atoms with Crippen LogP contribution < -0.4 is 10.6 Å². The Labute approximate surface area is 179 Å². The maximum atomic E-state index is 13.1. The van der Waals surface area contributed by atoms with Crippen LogP contribution in [0.4, 0.5) is 16.2 Å². The first kappa shape index (κ1) is 20.8. The van der Waals surface area contributed by atoms with Crippen LogP contribution in [-0.4, -0.2) is 51.9 Å². The lowest BCUT2D eigenvalue weighted by Gasteiger charge is -2.35. The molecule has 0 unspecified atom stereocenters. The molecule has 31 heavy (non-hydrogen) atoms. The van der Waals surface area contributed by atoms with Crippen molar-refractivity contribution in [2.75, 3.05) is 36.8 Å². The summed E-state index contributed by atoms with van der Waals surface area (Å²) >= 11 is 0. The van der Waals surface area contributed by atoms with Gasteiger partial charge in [-0.3, -0.25) is 4.79 Å². The first-order valence-electron chi connectivity index (χ1n) is 10.3. The number of hydrogen-bond donors (Lipinski definition) is 1. The fraction of sp³-hybridized carbons (Fsp3) is 0.364. The average molecular weight is 424 g/mol. The molecule has 9 heteroatoms. The van der Waals surface area contributed by atoms with E-state index in [1.54, 1.807) is 18.2 Å². The van der Waals surface area contributed by atoms with Gasteiger partial charge in [0.05, 0.1) is 0 Å². The van der Waals surface area contributed by atoms with Gasteiger partial charge >= 0.3 is 0 Å². The molecule has 4 rings (SSSR count). The predicted molar refractivity (Wildman–Crippen MR) is 116 cm³/mol. The Morgan fingerprint density at radius 2 is 1.87 bits per heavy atom. The highest BCUT2D eigenvalue weighted by Crippen LogP contribution is 2.26. The molecule has 0 atom stereocenters. The molecule has 0 aliphatic carbocycles. The average Bonchev–Trinajstić information content (AvgIpc) is 3.19. The number of anilines is 2. The second-order valence-electron chi connectivity index (χ2n) is 7.49. The van der Waals surface area contributed by atoms with E-state index in [4.69, 9.17) is 10.2 Å². The maximum absolute atomic E-state index is 13.1. The fourth-order valence-electron chi connectivity index (χ4n) is 3.65. The van der Waals surface area contributed by atoms with Crippen LogP contribution in [0.3, 0.4) is 0 Å². The number of aromatic nitrogens is 3. The molecule has 0 spiro atoms. The Morgan fingerprint density at radius 1 is 1.13 bits per heavy atom. The van der Waals surface area contributed by atoms with Crippen LogP contribution >= 0.6 is 0 Å². The SMILES string of the molecule is C=CCCC(=O)N1CCN(c2nc(N)nc3oc(CCc4ccc(F)cc4)nc23)CC1. The van der Waals surface area contributed by atoms with Crippen LogP contribution in [0.1, 0.15) is 24.3 Å². The van der Waals surface area contributed by atoms with Crippen LogP contribution in [0.2, 0.25) is 0 Å². The van der Waals surface area contributed by atoms with Crippen molar-refractivity contribution in [2.24, 2.45) is 0 Å². The summed E-state index contributed by atoms with van der Waals surface area (Å²) in [4.78, 5) is 29.3. The molecular weight excluding hydrogens is 399 g/mol. The number of benzene rings is 1. The summed E-state index contributed by atoms with van der Waals surface area (Å²) in [6.07, 6.45) is 4.13. The molecule has 0 saturated carbocycles. The summed E-state index contributed by atoms with van der Waals surface area (Å²) in [6, 6.07) is 6.37. The highest BCUT2D eigenvalue weighted by molar-refractivity contribution is 5.83. The van der Waals surface area contributed by atoms with Crippen molar-refractivity contribution in [3.05, 3.63) is 54.2 Å². The first-order valence-corrected chi connectivity index (χ1v) is 10.3. The topological polar surface area (TPSA) is 101 Å². The van der Waals surface area contributed by atoms with E-state index >= 15 is 0 Å². The van der Waals surface area contributed by atoms with Crippen LogP contribution in [0.5, 0.6) is 0 Å². The Kier molecular flexibility index (Phi) is 6.11. The van der Waals surface area contributed by atoms with Crippen molar-refractivity contribution in [2.45, 2.75) is 25.7 Å². The lowest BCUT2D eigenvalue weighted by molar-refractivity contribution is -0.131. The largest absolute Gasteiger partial charge is 0.422 e. The number of carbonyl (C=O) groups is 1. The van der Waals surface area contributed by atoms with Crippen molar-refractivity contribution >= 4 is 28.9 Å². The lowest BCUT2D eigenvalue weighted by atomic mass is 10.1. The van der Waals surface area contributed by atoms with Crippen molar-refractivity contribution in [1.29, 1.82) is 0 Å². The highest BCUT2D eigenvalue weighted by Gasteiger charge is 2.25. The number of carbonyl (C=O) groups excluding carboxylic acids is 1. The summed E-state index contributed by atoms with van der Waals surface area (Å²) < 4.78 is 18.9. The summed E-state index contributed by atoms with van der Waals surface area (Å²) in [5, 5.41) is 0. The predicted octanol–water partition coefficient (Wildman–Crippen LogP) is 2.74. The number of piperazine rings is 1. The van der Waals surface area contributed by atoms with E-state index < -0.39 is 0 Å². The molecule has 1 saturated heterocycles. The summed E-state index contributed by atoms with van der Waals surface area (Å²) in [5.74, 6) is 1.14. The second-order valence-corrected chi connectivity index (χ2v) is 7.49. The van der Waals surface area contributed by atoms with Gasteiger partial charge in [0.15, 0.2) is 17.2 Å². The molecule has 8 nitrogen and oxygen atoms in total. The highest BCUT2D eigenvalue weighted by atomic mass is 19.1. The minimum absolute atomic E-state index is 0.119. The number of nitrogen functional groups attached to an aromatic ring is 1. The standard InChI is InChI=1S/C22H25FN6O2/c1-2-3-4-18(30)28-11-13-29(14-12-28)20-19-21(27-22(24)26-20)31-17(25-19)10-7-15-5-8-16(23)9-6-15/h2,5-6,8-9H,1,3-4,7,10-14H2,(H2,24,26,27). The number of amides is 1. The van der Waals surface area contributed by atoms with E-state index in [9.17, 15) is 9.18 Å². The van der Waals surface area contributed by atoms with Gasteiger partial charge in [-0.2, -0.15) is 9.97 Å². The van der Waals surface area contributed by atoms with Gasteiger partial charge in [0.2, 0.25) is 11.9 Å². The van der Waals surface area contributed by atoms with Crippen LogP contribution in [0.15, 0.2) is 41.3 Å². The van der Waals surface area contributed by atoms with Crippen LogP contribution in [0.25, 0.3) is 11.2 Å². The molecule has 2 N–H and O–H groups in total.